The molecule has 0 atom stereocenters. The molecule has 0 aliphatic heterocycles. The van der Waals surface area contributed by atoms with Gasteiger partial charge in [0.15, 0.2) is 5.15 Å². The summed E-state index contributed by atoms with van der Waals surface area (Å²) in [6, 6.07) is 6.76. The summed E-state index contributed by atoms with van der Waals surface area (Å²) in [6.45, 7) is 0.248. The molecule has 0 aromatic carbocycles. The third-order valence-corrected chi connectivity index (χ3v) is 3.33. The average Bonchev–Trinajstić information content (AvgIpc) is 3.08. The smallest absolute Gasteiger partial charge is 0.353 e. The van der Waals surface area contributed by atoms with Crippen LogP contribution in [0.4, 0.5) is 23.0 Å². The molecule has 3 aromatic heterocycles. The number of aromatic nitrogens is 3. The second kappa shape index (κ2) is 6.92. The van der Waals surface area contributed by atoms with E-state index in [9.17, 15) is 10.1 Å². The molecular formula is C14H11ClN6O3. The number of rotatable bonds is 6. The highest BCUT2D eigenvalue weighted by Gasteiger charge is 2.23. The number of nitrogens with zero attached hydrogens (tertiary/aromatic N) is 4. The summed E-state index contributed by atoms with van der Waals surface area (Å²) >= 11 is 5.96. The van der Waals surface area contributed by atoms with E-state index in [-0.39, 0.29) is 29.0 Å². The highest BCUT2D eigenvalue weighted by Crippen LogP contribution is 2.32. The maximum Gasteiger partial charge on any atom is 0.353 e. The highest BCUT2D eigenvalue weighted by molar-refractivity contribution is 6.32. The van der Waals surface area contributed by atoms with Crippen LogP contribution in [0.25, 0.3) is 0 Å². The van der Waals surface area contributed by atoms with Crippen LogP contribution in [0.5, 0.6) is 0 Å². The molecular weight excluding hydrogens is 336 g/mol. The summed E-state index contributed by atoms with van der Waals surface area (Å²) in [6.07, 6.45) is 4.24. The fourth-order valence-corrected chi connectivity index (χ4v) is 2.13. The van der Waals surface area contributed by atoms with Gasteiger partial charge in [-0.15, -0.1) is 0 Å². The first-order chi connectivity index (χ1) is 11.6. The largest absolute Gasteiger partial charge is 0.467 e. The van der Waals surface area contributed by atoms with Gasteiger partial charge < -0.3 is 15.1 Å². The monoisotopic (exact) mass is 346 g/mol. The van der Waals surface area contributed by atoms with Gasteiger partial charge in [0.2, 0.25) is 11.6 Å². The van der Waals surface area contributed by atoms with Crippen LogP contribution >= 0.6 is 11.6 Å². The summed E-state index contributed by atoms with van der Waals surface area (Å²) in [7, 11) is 0. The normalized spacial score (nSPS) is 10.4. The Morgan fingerprint density at radius 1 is 1.21 bits per heavy atom. The molecule has 122 valence electrons. The van der Waals surface area contributed by atoms with Crippen molar-refractivity contribution in [2.24, 2.45) is 0 Å². The molecule has 0 saturated carbocycles. The molecule has 0 bridgehead atoms. The SMILES string of the molecule is O=[N+]([O-])c1c(NCc2ccco2)ncnc1Nc1cccnc1Cl. The topological polar surface area (TPSA) is 119 Å². The molecule has 0 unspecified atom stereocenters. The fraction of sp³-hybridized carbons (Fsp3) is 0.0714. The molecule has 0 fully saturated rings. The lowest BCUT2D eigenvalue weighted by Crippen LogP contribution is -2.08. The summed E-state index contributed by atoms with van der Waals surface area (Å²) < 4.78 is 5.18. The van der Waals surface area contributed by atoms with E-state index in [4.69, 9.17) is 16.0 Å². The van der Waals surface area contributed by atoms with E-state index in [0.29, 0.717) is 11.4 Å². The van der Waals surface area contributed by atoms with Crippen molar-refractivity contribution in [3.05, 3.63) is 64.1 Å². The molecule has 3 heterocycles. The van der Waals surface area contributed by atoms with Crippen molar-refractivity contribution in [2.75, 3.05) is 10.6 Å². The van der Waals surface area contributed by atoms with E-state index in [1.807, 2.05) is 0 Å². The number of halogens is 1. The lowest BCUT2D eigenvalue weighted by molar-refractivity contribution is -0.383. The average molecular weight is 347 g/mol. The predicted molar refractivity (Wildman–Crippen MR) is 87.3 cm³/mol. The molecule has 24 heavy (non-hydrogen) atoms. The number of pyridine rings is 1. The van der Waals surface area contributed by atoms with E-state index < -0.39 is 4.92 Å². The second-order valence-corrected chi connectivity index (χ2v) is 4.93. The molecule has 9 nitrogen and oxygen atoms in total. The highest BCUT2D eigenvalue weighted by atomic mass is 35.5. The Morgan fingerprint density at radius 2 is 2.04 bits per heavy atom. The first-order valence-corrected chi connectivity index (χ1v) is 7.16. The van der Waals surface area contributed by atoms with Gasteiger partial charge in [0.05, 0.1) is 23.4 Å². The Labute approximate surface area is 140 Å². The Balaban J connectivity index is 1.90. The lowest BCUT2D eigenvalue weighted by Gasteiger charge is -2.10. The van der Waals surface area contributed by atoms with Crippen molar-refractivity contribution >= 4 is 34.6 Å². The number of hydrogen-bond donors (Lipinski definition) is 2. The Bertz CT molecular complexity index is 855. The predicted octanol–water partition coefficient (Wildman–Crippen LogP) is 3.38. The van der Waals surface area contributed by atoms with Gasteiger partial charge >= 0.3 is 5.69 Å². The van der Waals surface area contributed by atoms with Crippen molar-refractivity contribution in [1.82, 2.24) is 15.0 Å². The van der Waals surface area contributed by atoms with Crippen LogP contribution in [0.2, 0.25) is 5.15 Å². The Morgan fingerprint density at radius 3 is 2.75 bits per heavy atom. The van der Waals surface area contributed by atoms with Gasteiger partial charge in [-0.2, -0.15) is 0 Å². The van der Waals surface area contributed by atoms with Crippen molar-refractivity contribution in [3.8, 4) is 0 Å². The maximum absolute atomic E-state index is 11.5. The minimum Gasteiger partial charge on any atom is -0.467 e. The summed E-state index contributed by atoms with van der Waals surface area (Å²) in [4.78, 5) is 22.6. The summed E-state index contributed by atoms with van der Waals surface area (Å²) in [5.74, 6) is 0.688. The van der Waals surface area contributed by atoms with Gasteiger partial charge in [-0.3, -0.25) is 10.1 Å². The Kier molecular flexibility index (Phi) is 4.52. The molecule has 0 saturated heterocycles. The zero-order chi connectivity index (χ0) is 16.9. The zero-order valence-corrected chi connectivity index (χ0v) is 12.9. The van der Waals surface area contributed by atoms with Crippen LogP contribution in [0.3, 0.4) is 0 Å². The van der Waals surface area contributed by atoms with Gasteiger partial charge in [0.1, 0.15) is 12.1 Å². The quantitative estimate of drug-likeness (QED) is 0.396. The van der Waals surface area contributed by atoms with E-state index >= 15 is 0 Å². The number of anilines is 3. The van der Waals surface area contributed by atoms with E-state index in [0.717, 1.165) is 0 Å². The summed E-state index contributed by atoms with van der Waals surface area (Å²) in [5.41, 5.74) is 0.0990. The molecule has 3 rings (SSSR count). The second-order valence-electron chi connectivity index (χ2n) is 4.58. The van der Waals surface area contributed by atoms with E-state index in [1.165, 1.54) is 18.8 Å². The van der Waals surface area contributed by atoms with Crippen LogP contribution in [0.15, 0.2) is 47.5 Å². The fourth-order valence-electron chi connectivity index (χ4n) is 1.96. The number of hydrogen-bond acceptors (Lipinski definition) is 8. The number of furan rings is 1. The van der Waals surface area contributed by atoms with Crippen molar-refractivity contribution in [3.63, 3.8) is 0 Å². The molecule has 3 aromatic rings. The molecule has 10 heteroatoms. The minimum atomic E-state index is -0.572. The van der Waals surface area contributed by atoms with Crippen LogP contribution in [0, 0.1) is 10.1 Å². The van der Waals surface area contributed by atoms with Crippen molar-refractivity contribution in [1.29, 1.82) is 0 Å². The molecule has 0 amide bonds. The molecule has 0 aliphatic rings. The standard InChI is InChI=1S/C14H11ClN6O3/c15-12-10(4-1-5-16-12)20-14-11(21(22)23)13(18-8-19-14)17-7-9-3-2-6-24-9/h1-6,8H,7H2,(H2,17,18,19,20). The lowest BCUT2D eigenvalue weighted by atomic mass is 10.3. The van der Waals surface area contributed by atoms with Crippen LogP contribution in [-0.2, 0) is 6.54 Å². The minimum absolute atomic E-state index is 0.00634. The zero-order valence-electron chi connectivity index (χ0n) is 12.1. The molecule has 0 aliphatic carbocycles. The number of nitrogens with one attached hydrogen (secondary N) is 2. The van der Waals surface area contributed by atoms with Gasteiger partial charge in [-0.25, -0.2) is 15.0 Å². The van der Waals surface area contributed by atoms with Crippen LogP contribution in [-0.4, -0.2) is 19.9 Å². The first kappa shape index (κ1) is 15.7. The van der Waals surface area contributed by atoms with Crippen molar-refractivity contribution < 1.29 is 9.34 Å². The molecule has 2 N–H and O–H groups in total. The molecule has 0 radical (unpaired) electrons. The van der Waals surface area contributed by atoms with Gasteiger partial charge in [0.25, 0.3) is 0 Å². The Hall–Kier alpha value is -3.20. The van der Waals surface area contributed by atoms with Crippen LogP contribution in [0.1, 0.15) is 5.76 Å². The van der Waals surface area contributed by atoms with E-state index in [1.54, 1.807) is 24.3 Å². The number of nitro groups is 1. The maximum atomic E-state index is 11.5. The summed E-state index contributed by atoms with van der Waals surface area (Å²) in [5, 5.41) is 17.3. The first-order valence-electron chi connectivity index (χ1n) is 6.78. The van der Waals surface area contributed by atoms with E-state index in [2.05, 4.69) is 25.6 Å². The van der Waals surface area contributed by atoms with Crippen molar-refractivity contribution in [2.45, 2.75) is 6.54 Å². The van der Waals surface area contributed by atoms with Gasteiger partial charge in [-0.1, -0.05) is 11.6 Å². The van der Waals surface area contributed by atoms with Gasteiger partial charge in [-0.05, 0) is 24.3 Å². The van der Waals surface area contributed by atoms with Crippen LogP contribution < -0.4 is 10.6 Å². The third kappa shape index (κ3) is 3.41. The third-order valence-electron chi connectivity index (χ3n) is 3.03. The van der Waals surface area contributed by atoms with Gasteiger partial charge in [0, 0.05) is 6.20 Å². The molecule has 0 spiro atoms.